The highest BCUT2D eigenvalue weighted by Crippen LogP contribution is 2.64. The minimum atomic E-state index is -1.15. The van der Waals surface area contributed by atoms with Gasteiger partial charge in [0.2, 0.25) is 0 Å². The maximum absolute atomic E-state index is 13.3. The van der Waals surface area contributed by atoms with Crippen molar-refractivity contribution in [3.8, 4) is 0 Å². The molecular weight excluding hydrogens is 524 g/mol. The van der Waals surface area contributed by atoms with Crippen LogP contribution in [0, 0.1) is 23.2 Å². The Labute approximate surface area is 243 Å². The first-order chi connectivity index (χ1) is 19.3. The largest absolute Gasteiger partial charge is 0.461 e. The van der Waals surface area contributed by atoms with Gasteiger partial charge in [-0.2, -0.15) is 0 Å². The van der Waals surface area contributed by atoms with E-state index in [0.717, 1.165) is 24.0 Å². The summed E-state index contributed by atoms with van der Waals surface area (Å²) in [6.45, 7) is 11.4. The molecule has 2 heterocycles. The van der Waals surface area contributed by atoms with Crippen LogP contribution in [0.2, 0.25) is 0 Å². The molecule has 2 bridgehead atoms. The molecule has 0 unspecified atom stereocenters. The number of rotatable bonds is 7. The van der Waals surface area contributed by atoms with E-state index >= 15 is 0 Å². The Morgan fingerprint density at radius 3 is 2.41 bits per heavy atom. The number of esters is 3. The molecule has 0 N–H and O–H groups in total. The van der Waals surface area contributed by atoms with Crippen LogP contribution in [-0.4, -0.2) is 61.1 Å². The number of ether oxygens (including phenoxy) is 5. The van der Waals surface area contributed by atoms with Crippen molar-refractivity contribution in [2.75, 3.05) is 13.7 Å². The number of methoxy groups -OCH3 is 1. The van der Waals surface area contributed by atoms with Gasteiger partial charge in [0.05, 0.1) is 30.0 Å². The van der Waals surface area contributed by atoms with Gasteiger partial charge in [-0.15, -0.1) is 0 Å². The second-order valence-electron chi connectivity index (χ2n) is 13.2. The highest BCUT2D eigenvalue weighted by atomic mass is 16.6. The van der Waals surface area contributed by atoms with Gasteiger partial charge in [0.15, 0.2) is 5.60 Å². The Kier molecular flexibility index (Phi) is 7.88. The minimum Gasteiger partial charge on any atom is -0.461 e. The smallest absolute Gasteiger partial charge is 0.310 e. The van der Waals surface area contributed by atoms with Crippen LogP contribution in [0.15, 0.2) is 41.5 Å². The summed E-state index contributed by atoms with van der Waals surface area (Å²) in [6.07, 6.45) is 1.02. The first kappa shape index (κ1) is 29.8. The Hall–Kier alpha value is -2.71. The topological polar surface area (TPSA) is 97.4 Å². The third-order valence-corrected chi connectivity index (χ3v) is 10.4. The Balaban J connectivity index is 1.61. The number of benzene rings is 1. The highest BCUT2D eigenvalue weighted by molar-refractivity contribution is 5.73. The summed E-state index contributed by atoms with van der Waals surface area (Å²) in [7, 11) is 1.74. The van der Waals surface area contributed by atoms with Crippen LogP contribution < -0.4 is 0 Å². The Morgan fingerprint density at radius 1 is 1.07 bits per heavy atom. The molecule has 2 saturated carbocycles. The van der Waals surface area contributed by atoms with Crippen molar-refractivity contribution in [2.24, 2.45) is 23.2 Å². The van der Waals surface area contributed by atoms with Crippen LogP contribution in [0.5, 0.6) is 0 Å². The summed E-state index contributed by atoms with van der Waals surface area (Å²) in [4.78, 5) is 38.9. The van der Waals surface area contributed by atoms with E-state index in [2.05, 4.69) is 20.8 Å². The molecule has 8 heteroatoms. The van der Waals surface area contributed by atoms with Gasteiger partial charge in [0, 0.05) is 21.0 Å². The Bertz CT molecular complexity index is 1220. The van der Waals surface area contributed by atoms with E-state index in [1.165, 1.54) is 19.4 Å². The third kappa shape index (κ3) is 5.01. The predicted octanol–water partition coefficient (Wildman–Crippen LogP) is 4.97. The lowest BCUT2D eigenvalue weighted by atomic mass is 9.59. The van der Waals surface area contributed by atoms with Gasteiger partial charge in [-0.25, -0.2) is 0 Å². The summed E-state index contributed by atoms with van der Waals surface area (Å²) in [6, 6.07) is 9.46. The van der Waals surface area contributed by atoms with Crippen molar-refractivity contribution in [1.29, 1.82) is 0 Å². The molecule has 3 fully saturated rings. The highest BCUT2D eigenvalue weighted by Gasteiger charge is 2.72. The molecule has 41 heavy (non-hydrogen) atoms. The maximum atomic E-state index is 13.3. The lowest BCUT2D eigenvalue weighted by molar-refractivity contribution is -0.193. The second-order valence-corrected chi connectivity index (χ2v) is 13.2. The Morgan fingerprint density at radius 2 is 1.78 bits per heavy atom. The first-order valence-corrected chi connectivity index (χ1v) is 14.8. The monoisotopic (exact) mass is 568 g/mol. The summed E-state index contributed by atoms with van der Waals surface area (Å²) in [5.41, 5.74) is 0.973. The molecule has 224 valence electrons. The molecule has 0 amide bonds. The van der Waals surface area contributed by atoms with Crippen LogP contribution >= 0.6 is 0 Å². The lowest BCUT2D eigenvalue weighted by Gasteiger charge is -2.51. The molecule has 8 atom stereocenters. The molecule has 5 aliphatic rings. The summed E-state index contributed by atoms with van der Waals surface area (Å²) in [5, 5.41) is 0. The van der Waals surface area contributed by atoms with Crippen molar-refractivity contribution >= 4 is 17.9 Å². The molecule has 3 aliphatic carbocycles. The molecule has 0 radical (unpaired) electrons. The van der Waals surface area contributed by atoms with Crippen molar-refractivity contribution in [2.45, 2.75) is 103 Å². The van der Waals surface area contributed by atoms with Crippen LogP contribution in [0.3, 0.4) is 0 Å². The first-order valence-electron chi connectivity index (χ1n) is 14.8. The quantitative estimate of drug-likeness (QED) is 0.258. The van der Waals surface area contributed by atoms with E-state index in [9.17, 15) is 14.4 Å². The van der Waals surface area contributed by atoms with Crippen LogP contribution in [0.4, 0.5) is 0 Å². The second kappa shape index (κ2) is 10.8. The average Bonchev–Trinajstić information content (AvgIpc) is 3.08. The number of carbonyl (C=O) groups is 3. The third-order valence-electron chi connectivity index (χ3n) is 10.4. The average molecular weight is 569 g/mol. The summed E-state index contributed by atoms with van der Waals surface area (Å²) in [5.74, 6) is -1.71. The molecule has 1 spiro atoms. The zero-order valence-corrected chi connectivity index (χ0v) is 25.4. The van der Waals surface area contributed by atoms with E-state index in [4.69, 9.17) is 23.7 Å². The van der Waals surface area contributed by atoms with Gasteiger partial charge < -0.3 is 23.7 Å². The van der Waals surface area contributed by atoms with Gasteiger partial charge in [0.1, 0.15) is 18.3 Å². The van der Waals surface area contributed by atoms with Gasteiger partial charge >= 0.3 is 17.9 Å². The summed E-state index contributed by atoms with van der Waals surface area (Å²) >= 11 is 0. The standard InChI is InChI=1S/C33H44O8/c1-19-17-33(41-22(4)35)27(28(19)40-26(36)15-23-11-9-8-10-12-23)30(39-21(3)34)32-14-13-24(31(5,6)37-7)16-25(32)20(2)29(33)38-18-32/h8-12,19,24,27-30H,13-18H2,1-7H3/t19-,24-,27+,28-,29+,30+,32-,33+/m0/s1. The van der Waals surface area contributed by atoms with Crippen LogP contribution in [-0.2, 0) is 44.5 Å². The molecule has 2 aliphatic heterocycles. The molecule has 0 aromatic heterocycles. The zero-order chi connectivity index (χ0) is 29.7. The van der Waals surface area contributed by atoms with Crippen LogP contribution in [0.25, 0.3) is 0 Å². The SMILES string of the molecule is COC(C)(C)[C@H]1CC[C@]23CO[C@H](C(C)=C2C1)[C@@]1(OC(C)=O)C[C@H](C)[C@H](OC(=O)Cc2ccccc2)[C@@H]1[C@H]3OC(C)=O. The van der Waals surface area contributed by atoms with Gasteiger partial charge in [-0.05, 0) is 69.4 Å². The normalized spacial score (nSPS) is 36.2. The molecule has 1 saturated heterocycles. The van der Waals surface area contributed by atoms with E-state index in [-0.39, 0.29) is 29.8 Å². The van der Waals surface area contributed by atoms with Crippen LogP contribution in [0.1, 0.15) is 72.8 Å². The molecule has 1 aromatic carbocycles. The molecule has 8 nitrogen and oxygen atoms in total. The number of hydrogen-bond acceptors (Lipinski definition) is 8. The fraction of sp³-hybridized carbons (Fsp3) is 0.667. The fourth-order valence-electron chi connectivity index (χ4n) is 8.41. The van der Waals surface area contributed by atoms with Gasteiger partial charge in [0.25, 0.3) is 0 Å². The molecular formula is C33H44O8. The molecule has 1 aromatic rings. The van der Waals surface area contributed by atoms with Crippen molar-refractivity contribution in [1.82, 2.24) is 0 Å². The lowest BCUT2D eigenvalue weighted by Crippen LogP contribution is -2.56. The number of fused-ring (bicyclic) bond motifs is 1. The minimum absolute atomic E-state index is 0.122. The van der Waals surface area contributed by atoms with E-state index in [1.54, 1.807) is 7.11 Å². The number of hydrogen-bond donors (Lipinski definition) is 0. The fourth-order valence-corrected chi connectivity index (χ4v) is 8.41. The van der Waals surface area contributed by atoms with E-state index < -0.39 is 47.2 Å². The maximum Gasteiger partial charge on any atom is 0.310 e. The zero-order valence-electron chi connectivity index (χ0n) is 25.4. The van der Waals surface area contributed by atoms with E-state index in [0.29, 0.717) is 19.4 Å². The van der Waals surface area contributed by atoms with Gasteiger partial charge in [-0.3, -0.25) is 14.4 Å². The molecule has 6 rings (SSSR count). The van der Waals surface area contributed by atoms with E-state index in [1.807, 2.05) is 37.3 Å². The predicted molar refractivity (Wildman–Crippen MR) is 151 cm³/mol. The summed E-state index contributed by atoms with van der Waals surface area (Å²) < 4.78 is 31.4. The van der Waals surface area contributed by atoms with Crippen molar-refractivity contribution < 1.29 is 38.1 Å². The van der Waals surface area contributed by atoms with Crippen molar-refractivity contribution in [3.63, 3.8) is 0 Å². The number of carbonyl (C=O) groups excluding carboxylic acids is 3. The van der Waals surface area contributed by atoms with Gasteiger partial charge in [-0.1, -0.05) is 42.8 Å². The van der Waals surface area contributed by atoms with Crippen molar-refractivity contribution in [3.05, 3.63) is 47.0 Å².